The van der Waals surface area contributed by atoms with E-state index in [1.165, 1.54) is 0 Å². The van der Waals surface area contributed by atoms with Crippen LogP contribution in [0.5, 0.6) is 0 Å². The number of hydrogen-bond donors (Lipinski definition) is 0. The number of benzene rings is 1. The van der Waals surface area contributed by atoms with E-state index in [2.05, 4.69) is 0 Å². The standard InChI is InChI=1S/C13H14ClNO2/c14-10-5-2-1-4-9(10)11-6-3-7-15(11)13(16)12-8-17-12/h1-2,4-5,11-12H,3,6-8H2. The highest BCUT2D eigenvalue weighted by Crippen LogP contribution is 2.36. The molecule has 17 heavy (non-hydrogen) atoms. The lowest BCUT2D eigenvalue weighted by atomic mass is 10.0. The Hall–Kier alpha value is -1.06. The predicted molar refractivity (Wildman–Crippen MR) is 64.9 cm³/mol. The Labute approximate surface area is 105 Å². The zero-order chi connectivity index (χ0) is 11.8. The number of hydrogen-bond acceptors (Lipinski definition) is 2. The number of epoxide rings is 1. The molecule has 0 aromatic heterocycles. The lowest BCUT2D eigenvalue weighted by Crippen LogP contribution is -2.34. The SMILES string of the molecule is O=C(C1CO1)N1CCCC1c1ccccc1Cl. The summed E-state index contributed by atoms with van der Waals surface area (Å²) in [6.07, 6.45) is 1.83. The van der Waals surface area contributed by atoms with E-state index in [4.69, 9.17) is 16.3 Å². The normalized spacial score (nSPS) is 27.2. The molecule has 1 amide bonds. The zero-order valence-corrected chi connectivity index (χ0v) is 10.2. The average Bonchev–Trinajstić information content (AvgIpc) is 3.07. The molecule has 3 rings (SSSR count). The summed E-state index contributed by atoms with van der Waals surface area (Å²) in [7, 11) is 0. The molecule has 2 aliphatic heterocycles. The fourth-order valence-electron chi connectivity index (χ4n) is 2.47. The lowest BCUT2D eigenvalue weighted by molar-refractivity contribution is -0.133. The molecule has 2 heterocycles. The molecule has 2 saturated heterocycles. The number of carbonyl (C=O) groups is 1. The minimum absolute atomic E-state index is 0.118. The van der Waals surface area contributed by atoms with Crippen LogP contribution in [-0.2, 0) is 9.53 Å². The van der Waals surface area contributed by atoms with Crippen molar-refractivity contribution in [2.75, 3.05) is 13.2 Å². The molecule has 90 valence electrons. The summed E-state index contributed by atoms with van der Waals surface area (Å²) in [5.41, 5.74) is 1.06. The zero-order valence-electron chi connectivity index (χ0n) is 9.43. The van der Waals surface area contributed by atoms with Crippen molar-refractivity contribution in [3.8, 4) is 0 Å². The van der Waals surface area contributed by atoms with Crippen molar-refractivity contribution >= 4 is 17.5 Å². The second-order valence-electron chi connectivity index (χ2n) is 4.53. The van der Waals surface area contributed by atoms with E-state index < -0.39 is 0 Å². The van der Waals surface area contributed by atoms with Crippen LogP contribution in [0.1, 0.15) is 24.4 Å². The van der Waals surface area contributed by atoms with Gasteiger partial charge in [-0.1, -0.05) is 29.8 Å². The highest BCUT2D eigenvalue weighted by Gasteiger charge is 2.40. The molecule has 0 bridgehead atoms. The Balaban J connectivity index is 1.86. The van der Waals surface area contributed by atoms with Gasteiger partial charge in [0, 0.05) is 11.6 Å². The molecular weight excluding hydrogens is 238 g/mol. The van der Waals surface area contributed by atoms with Crippen LogP contribution >= 0.6 is 11.6 Å². The maximum Gasteiger partial charge on any atom is 0.254 e. The quantitative estimate of drug-likeness (QED) is 0.757. The topological polar surface area (TPSA) is 32.8 Å². The molecule has 3 nitrogen and oxygen atoms in total. The van der Waals surface area contributed by atoms with Gasteiger partial charge in [0.25, 0.3) is 5.91 Å². The van der Waals surface area contributed by atoms with Crippen molar-refractivity contribution in [2.45, 2.75) is 25.0 Å². The smallest absolute Gasteiger partial charge is 0.254 e. The van der Waals surface area contributed by atoms with E-state index in [1.54, 1.807) is 0 Å². The molecule has 0 aliphatic carbocycles. The van der Waals surface area contributed by atoms with Crippen molar-refractivity contribution < 1.29 is 9.53 Å². The average molecular weight is 252 g/mol. The first-order valence-corrected chi connectivity index (χ1v) is 6.31. The Morgan fingerprint density at radius 1 is 1.41 bits per heavy atom. The van der Waals surface area contributed by atoms with Gasteiger partial charge in [-0.3, -0.25) is 4.79 Å². The molecule has 4 heteroatoms. The molecule has 2 fully saturated rings. The van der Waals surface area contributed by atoms with Crippen LogP contribution in [0.15, 0.2) is 24.3 Å². The first kappa shape index (κ1) is 11.1. The summed E-state index contributed by atoms with van der Waals surface area (Å²) in [6, 6.07) is 7.89. The van der Waals surface area contributed by atoms with E-state index in [1.807, 2.05) is 29.2 Å². The maximum atomic E-state index is 12.1. The van der Waals surface area contributed by atoms with Gasteiger partial charge < -0.3 is 9.64 Å². The van der Waals surface area contributed by atoms with Gasteiger partial charge >= 0.3 is 0 Å². The molecule has 0 radical (unpaired) electrons. The van der Waals surface area contributed by atoms with Crippen molar-refractivity contribution in [3.05, 3.63) is 34.9 Å². The van der Waals surface area contributed by atoms with E-state index in [0.29, 0.717) is 6.61 Å². The number of halogens is 1. The molecule has 2 aliphatic rings. The Morgan fingerprint density at radius 3 is 2.88 bits per heavy atom. The van der Waals surface area contributed by atoms with Gasteiger partial charge in [-0.25, -0.2) is 0 Å². The van der Waals surface area contributed by atoms with Crippen LogP contribution < -0.4 is 0 Å². The fraction of sp³-hybridized carbons (Fsp3) is 0.462. The number of amides is 1. The van der Waals surface area contributed by atoms with Crippen LogP contribution in [0.3, 0.4) is 0 Å². The Morgan fingerprint density at radius 2 is 2.18 bits per heavy atom. The van der Waals surface area contributed by atoms with Crippen molar-refractivity contribution in [1.82, 2.24) is 4.90 Å². The fourth-order valence-corrected chi connectivity index (χ4v) is 2.74. The van der Waals surface area contributed by atoms with Gasteiger partial charge in [-0.05, 0) is 24.5 Å². The third-order valence-corrected chi connectivity index (χ3v) is 3.75. The van der Waals surface area contributed by atoms with Gasteiger partial charge in [-0.2, -0.15) is 0 Å². The number of ether oxygens (including phenoxy) is 1. The van der Waals surface area contributed by atoms with Crippen LogP contribution in [0.4, 0.5) is 0 Å². The second-order valence-corrected chi connectivity index (χ2v) is 4.94. The molecule has 0 saturated carbocycles. The van der Waals surface area contributed by atoms with Gasteiger partial charge in [-0.15, -0.1) is 0 Å². The largest absolute Gasteiger partial charge is 0.363 e. The third kappa shape index (κ3) is 2.05. The van der Waals surface area contributed by atoms with Crippen LogP contribution in [0, 0.1) is 0 Å². The summed E-state index contributed by atoms with van der Waals surface area (Å²) >= 11 is 6.20. The highest BCUT2D eigenvalue weighted by molar-refractivity contribution is 6.31. The predicted octanol–water partition coefficient (Wildman–Crippen LogP) is 2.40. The van der Waals surface area contributed by atoms with Crippen molar-refractivity contribution in [2.24, 2.45) is 0 Å². The van der Waals surface area contributed by atoms with Gasteiger partial charge in [0.15, 0.2) is 6.10 Å². The number of nitrogens with zero attached hydrogens (tertiary/aromatic N) is 1. The van der Waals surface area contributed by atoms with E-state index in [0.717, 1.165) is 30.0 Å². The van der Waals surface area contributed by atoms with Gasteiger partial charge in [0.2, 0.25) is 0 Å². The molecule has 0 spiro atoms. The molecule has 2 unspecified atom stereocenters. The van der Waals surface area contributed by atoms with Gasteiger partial charge in [0.05, 0.1) is 12.6 Å². The maximum absolute atomic E-state index is 12.1. The second kappa shape index (κ2) is 4.31. The van der Waals surface area contributed by atoms with Crippen molar-refractivity contribution in [1.29, 1.82) is 0 Å². The molecular formula is C13H14ClNO2. The van der Waals surface area contributed by atoms with Gasteiger partial charge in [0.1, 0.15) is 0 Å². The number of rotatable bonds is 2. The minimum Gasteiger partial charge on any atom is -0.363 e. The summed E-state index contributed by atoms with van der Waals surface area (Å²) in [4.78, 5) is 14.0. The first-order valence-electron chi connectivity index (χ1n) is 5.94. The molecule has 2 atom stereocenters. The minimum atomic E-state index is -0.196. The lowest BCUT2D eigenvalue weighted by Gasteiger charge is -2.25. The summed E-state index contributed by atoms with van der Waals surface area (Å²) < 4.78 is 5.07. The summed E-state index contributed by atoms with van der Waals surface area (Å²) in [5.74, 6) is 0.118. The van der Waals surface area contributed by atoms with E-state index in [9.17, 15) is 4.79 Å². The summed E-state index contributed by atoms with van der Waals surface area (Å²) in [5, 5.41) is 0.744. The number of likely N-dealkylation sites (tertiary alicyclic amines) is 1. The number of carbonyl (C=O) groups excluding carboxylic acids is 1. The Kier molecular flexibility index (Phi) is 2.81. The summed E-state index contributed by atoms with van der Waals surface area (Å²) in [6.45, 7) is 1.39. The Bertz CT molecular complexity index is 445. The van der Waals surface area contributed by atoms with Crippen LogP contribution in [0.25, 0.3) is 0 Å². The van der Waals surface area contributed by atoms with E-state index in [-0.39, 0.29) is 18.1 Å². The highest BCUT2D eigenvalue weighted by atomic mass is 35.5. The van der Waals surface area contributed by atoms with Crippen LogP contribution in [-0.4, -0.2) is 30.1 Å². The van der Waals surface area contributed by atoms with Crippen LogP contribution in [0.2, 0.25) is 5.02 Å². The molecule has 0 N–H and O–H groups in total. The third-order valence-electron chi connectivity index (χ3n) is 3.41. The first-order chi connectivity index (χ1) is 8.27. The molecule has 1 aromatic carbocycles. The van der Waals surface area contributed by atoms with E-state index >= 15 is 0 Å². The monoisotopic (exact) mass is 251 g/mol. The molecule has 1 aromatic rings. The van der Waals surface area contributed by atoms with Crippen molar-refractivity contribution in [3.63, 3.8) is 0 Å².